The molecule has 0 saturated carbocycles. The van der Waals surface area contributed by atoms with Crippen LogP contribution in [0.25, 0.3) is 0 Å². The molecule has 0 bridgehead atoms. The zero-order valence-corrected chi connectivity index (χ0v) is 10.9. The van der Waals surface area contributed by atoms with Crippen molar-refractivity contribution in [3.05, 3.63) is 29.6 Å². The van der Waals surface area contributed by atoms with Crippen molar-refractivity contribution in [3.8, 4) is 0 Å². The Kier molecular flexibility index (Phi) is 3.80. The quantitative estimate of drug-likeness (QED) is 0.863. The van der Waals surface area contributed by atoms with E-state index in [1.54, 1.807) is 4.90 Å². The van der Waals surface area contributed by atoms with E-state index in [1.807, 2.05) is 13.8 Å². The smallest absolute Gasteiger partial charge is 0.338 e. The van der Waals surface area contributed by atoms with Gasteiger partial charge in [-0.2, -0.15) is 0 Å². The third-order valence-electron chi connectivity index (χ3n) is 2.99. The second kappa shape index (κ2) is 5.36. The summed E-state index contributed by atoms with van der Waals surface area (Å²) >= 11 is 0. The van der Waals surface area contributed by atoms with Crippen LogP contribution in [0.1, 0.15) is 34.6 Å². The Morgan fingerprint density at radius 3 is 2.53 bits per heavy atom. The number of amides is 1. The lowest BCUT2D eigenvalue weighted by Gasteiger charge is -2.35. The molecular weight excluding hydrogens is 248 g/mol. The molecule has 1 aromatic heterocycles. The molecule has 1 amide bonds. The first-order valence-corrected chi connectivity index (χ1v) is 6.11. The summed E-state index contributed by atoms with van der Waals surface area (Å²) in [4.78, 5) is 28.9. The third kappa shape index (κ3) is 2.90. The lowest BCUT2D eigenvalue weighted by atomic mass is 10.1. The Balaban J connectivity index is 2.27. The van der Waals surface area contributed by atoms with Crippen molar-refractivity contribution in [2.24, 2.45) is 0 Å². The van der Waals surface area contributed by atoms with Gasteiger partial charge in [-0.1, -0.05) is 0 Å². The largest absolute Gasteiger partial charge is 0.478 e. The first kappa shape index (κ1) is 13.5. The Hall–Kier alpha value is -1.95. The topological polar surface area (TPSA) is 79.7 Å². The summed E-state index contributed by atoms with van der Waals surface area (Å²) in [5.41, 5.74) is 0.100. The number of carbonyl (C=O) groups excluding carboxylic acids is 1. The summed E-state index contributed by atoms with van der Waals surface area (Å²) < 4.78 is 5.56. The van der Waals surface area contributed by atoms with Crippen molar-refractivity contribution in [1.82, 2.24) is 9.88 Å². The summed E-state index contributed by atoms with van der Waals surface area (Å²) in [5, 5.41) is 9.08. The van der Waals surface area contributed by atoms with Crippen molar-refractivity contribution in [2.75, 3.05) is 13.1 Å². The van der Waals surface area contributed by atoms with Crippen LogP contribution in [-0.4, -0.2) is 52.2 Å². The van der Waals surface area contributed by atoms with Crippen LogP contribution in [0.15, 0.2) is 18.5 Å². The molecule has 1 aromatic rings. The average molecular weight is 264 g/mol. The van der Waals surface area contributed by atoms with E-state index in [2.05, 4.69) is 4.98 Å². The number of ether oxygens (including phenoxy) is 1. The van der Waals surface area contributed by atoms with Crippen LogP contribution in [-0.2, 0) is 4.74 Å². The Labute approximate surface area is 111 Å². The molecule has 0 aliphatic carbocycles. The highest BCUT2D eigenvalue weighted by Gasteiger charge is 2.28. The van der Waals surface area contributed by atoms with Gasteiger partial charge in [-0.05, 0) is 19.9 Å². The van der Waals surface area contributed by atoms with Crippen molar-refractivity contribution < 1.29 is 19.4 Å². The second-order valence-electron chi connectivity index (χ2n) is 4.69. The van der Waals surface area contributed by atoms with Gasteiger partial charge in [0.25, 0.3) is 5.91 Å². The van der Waals surface area contributed by atoms with Crippen LogP contribution in [0.4, 0.5) is 0 Å². The van der Waals surface area contributed by atoms with E-state index in [1.165, 1.54) is 18.5 Å². The molecule has 1 N–H and O–H groups in total. The number of carboxylic acid groups (broad SMARTS) is 1. The lowest BCUT2D eigenvalue weighted by molar-refractivity contribution is -0.0586. The fourth-order valence-electron chi connectivity index (χ4n) is 2.27. The van der Waals surface area contributed by atoms with E-state index in [9.17, 15) is 9.59 Å². The van der Waals surface area contributed by atoms with Crippen LogP contribution < -0.4 is 0 Å². The van der Waals surface area contributed by atoms with E-state index in [-0.39, 0.29) is 29.2 Å². The highest BCUT2D eigenvalue weighted by atomic mass is 16.5. The zero-order chi connectivity index (χ0) is 14.0. The molecule has 2 heterocycles. The molecule has 0 unspecified atom stereocenters. The summed E-state index contributed by atoms with van der Waals surface area (Å²) in [5.74, 6) is -1.44. The number of morpholine rings is 1. The Bertz CT molecular complexity index is 493. The monoisotopic (exact) mass is 264 g/mol. The van der Waals surface area contributed by atoms with Crippen LogP contribution in [0.5, 0.6) is 0 Å². The molecule has 6 heteroatoms. The molecular formula is C13H16N2O4. The fourth-order valence-corrected chi connectivity index (χ4v) is 2.27. The molecule has 0 spiro atoms. The van der Waals surface area contributed by atoms with Gasteiger partial charge in [0.2, 0.25) is 0 Å². The maximum absolute atomic E-state index is 12.4. The van der Waals surface area contributed by atoms with Gasteiger partial charge in [-0.15, -0.1) is 0 Å². The lowest BCUT2D eigenvalue weighted by Crippen LogP contribution is -2.48. The summed E-state index contributed by atoms with van der Waals surface area (Å²) in [6.07, 6.45) is 2.51. The number of hydrogen-bond donors (Lipinski definition) is 1. The van der Waals surface area contributed by atoms with Gasteiger partial charge < -0.3 is 14.7 Å². The number of nitrogens with zero attached hydrogens (tertiary/aromatic N) is 2. The first-order chi connectivity index (χ1) is 8.99. The van der Waals surface area contributed by atoms with Crippen molar-refractivity contribution in [1.29, 1.82) is 0 Å². The maximum atomic E-state index is 12.4. The number of aromatic nitrogens is 1. The third-order valence-corrected chi connectivity index (χ3v) is 2.99. The molecule has 0 radical (unpaired) electrons. The molecule has 1 aliphatic heterocycles. The molecule has 2 atom stereocenters. The van der Waals surface area contributed by atoms with Crippen molar-refractivity contribution in [3.63, 3.8) is 0 Å². The summed E-state index contributed by atoms with van der Waals surface area (Å²) in [6, 6.07) is 1.44. The molecule has 1 fully saturated rings. The standard InChI is InChI=1S/C13H16N2O4/c1-8-6-15(7-9(2)19-8)12(16)10-3-4-14-5-11(10)13(17)18/h3-5,8-9H,6-7H2,1-2H3,(H,17,18)/t8-,9+. The minimum Gasteiger partial charge on any atom is -0.478 e. The zero-order valence-electron chi connectivity index (χ0n) is 10.9. The minimum absolute atomic E-state index is 0.0529. The molecule has 6 nitrogen and oxygen atoms in total. The second-order valence-corrected chi connectivity index (χ2v) is 4.69. The van der Waals surface area contributed by atoms with Gasteiger partial charge in [-0.3, -0.25) is 9.78 Å². The Morgan fingerprint density at radius 2 is 1.95 bits per heavy atom. The van der Waals surface area contributed by atoms with Crippen molar-refractivity contribution in [2.45, 2.75) is 26.1 Å². The van der Waals surface area contributed by atoms with E-state index < -0.39 is 5.97 Å². The van der Waals surface area contributed by atoms with E-state index in [4.69, 9.17) is 9.84 Å². The number of carboxylic acids is 1. The number of hydrogen-bond acceptors (Lipinski definition) is 4. The van der Waals surface area contributed by atoms with Crippen LogP contribution in [0, 0.1) is 0 Å². The van der Waals surface area contributed by atoms with Crippen LogP contribution >= 0.6 is 0 Å². The number of pyridine rings is 1. The van der Waals surface area contributed by atoms with Gasteiger partial charge in [0.15, 0.2) is 0 Å². The molecule has 1 saturated heterocycles. The summed E-state index contributed by atoms with van der Waals surface area (Å²) in [6.45, 7) is 4.70. The fraction of sp³-hybridized carbons (Fsp3) is 0.462. The minimum atomic E-state index is -1.15. The molecule has 2 rings (SSSR count). The van der Waals surface area contributed by atoms with Gasteiger partial charge in [0.05, 0.1) is 23.3 Å². The number of rotatable bonds is 2. The Morgan fingerprint density at radius 1 is 1.32 bits per heavy atom. The number of carbonyl (C=O) groups is 2. The van der Waals surface area contributed by atoms with Gasteiger partial charge in [-0.25, -0.2) is 4.79 Å². The normalized spacial score (nSPS) is 23.2. The highest BCUT2D eigenvalue weighted by molar-refractivity contribution is 6.04. The summed E-state index contributed by atoms with van der Waals surface area (Å²) in [7, 11) is 0. The molecule has 0 aromatic carbocycles. The highest BCUT2D eigenvalue weighted by Crippen LogP contribution is 2.16. The maximum Gasteiger partial charge on any atom is 0.338 e. The van der Waals surface area contributed by atoms with Crippen LogP contribution in [0.3, 0.4) is 0 Å². The number of aromatic carboxylic acids is 1. The van der Waals surface area contributed by atoms with E-state index >= 15 is 0 Å². The van der Waals surface area contributed by atoms with Crippen molar-refractivity contribution >= 4 is 11.9 Å². The molecule has 1 aliphatic rings. The van der Waals surface area contributed by atoms with Gasteiger partial charge in [0.1, 0.15) is 0 Å². The molecule has 19 heavy (non-hydrogen) atoms. The van der Waals surface area contributed by atoms with Gasteiger partial charge >= 0.3 is 5.97 Å². The average Bonchev–Trinajstić information content (AvgIpc) is 2.36. The van der Waals surface area contributed by atoms with Crippen LogP contribution in [0.2, 0.25) is 0 Å². The predicted octanol–water partition coefficient (Wildman–Crippen LogP) is 1.03. The molecule has 102 valence electrons. The van der Waals surface area contributed by atoms with E-state index in [0.717, 1.165) is 0 Å². The van der Waals surface area contributed by atoms with Gasteiger partial charge in [0, 0.05) is 25.5 Å². The predicted molar refractivity (Wildman–Crippen MR) is 67.1 cm³/mol. The SMILES string of the molecule is C[C@@H]1CN(C(=O)c2ccncc2C(=O)O)C[C@H](C)O1. The first-order valence-electron chi connectivity index (χ1n) is 6.11. The van der Waals surface area contributed by atoms with E-state index in [0.29, 0.717) is 13.1 Å².